The number of hydrogen-bond donors (Lipinski definition) is 1. The molecule has 0 aliphatic carbocycles. The molecule has 1 saturated heterocycles. The minimum absolute atomic E-state index is 0.0688. The summed E-state index contributed by atoms with van der Waals surface area (Å²) in [6.45, 7) is 11.0. The first-order valence-corrected chi connectivity index (χ1v) is 12.1. The van der Waals surface area contributed by atoms with Gasteiger partial charge in [0.25, 0.3) is 15.9 Å². The number of rotatable bonds is 4. The molecule has 32 heavy (non-hydrogen) atoms. The van der Waals surface area contributed by atoms with E-state index in [1.165, 1.54) is 0 Å². The second-order valence-corrected chi connectivity index (χ2v) is 9.98. The summed E-state index contributed by atoms with van der Waals surface area (Å²) >= 11 is 0. The Balaban J connectivity index is 1.87. The summed E-state index contributed by atoms with van der Waals surface area (Å²) in [5, 5.41) is 0.631. The highest BCUT2D eigenvalue weighted by atomic mass is 32.2. The molecule has 1 fully saturated rings. The van der Waals surface area contributed by atoms with E-state index in [9.17, 15) is 13.2 Å². The number of fused-ring (bicyclic) bond motifs is 1. The molecule has 0 bridgehead atoms. The molecule has 4 rings (SSSR count). The van der Waals surface area contributed by atoms with Gasteiger partial charge in [-0.3, -0.25) is 9.52 Å². The first-order chi connectivity index (χ1) is 15.1. The number of aryl methyl sites for hydroxylation is 4. The first-order valence-electron chi connectivity index (χ1n) is 10.6. The number of para-hydroxylation sites is 1. The number of nitrogens with one attached hydrogen (secondary N) is 1. The summed E-state index contributed by atoms with van der Waals surface area (Å²) in [6, 6.07) is 7.50. The van der Waals surface area contributed by atoms with Gasteiger partial charge in [-0.15, -0.1) is 0 Å². The molecule has 0 spiro atoms. The molecule has 1 aliphatic heterocycles. The van der Waals surface area contributed by atoms with Crippen LogP contribution in [0.2, 0.25) is 0 Å². The number of benzene rings is 2. The van der Waals surface area contributed by atoms with Crippen molar-refractivity contribution >= 4 is 32.6 Å². The fourth-order valence-electron chi connectivity index (χ4n) is 4.14. The Bertz CT molecular complexity index is 1300. The van der Waals surface area contributed by atoms with Gasteiger partial charge in [-0.2, -0.15) is 0 Å². The number of sulfonamides is 1. The summed E-state index contributed by atoms with van der Waals surface area (Å²) in [6.07, 6.45) is 0. The molecule has 1 amide bonds. The number of nitrogens with zero attached hydrogens (tertiary/aromatic N) is 1. The van der Waals surface area contributed by atoms with Crippen molar-refractivity contribution in [2.75, 3.05) is 31.0 Å². The Morgan fingerprint density at radius 3 is 2.22 bits per heavy atom. The van der Waals surface area contributed by atoms with Gasteiger partial charge in [0.2, 0.25) is 0 Å². The lowest BCUT2D eigenvalue weighted by Crippen LogP contribution is -2.40. The Kier molecular flexibility index (Phi) is 5.77. The maximum absolute atomic E-state index is 13.6. The standard InChI is InChI=1S/C24H28N2O5S/c1-14-7-6-8-15(2)20(14)25-32(28,29)23-17(4)16(3)13-19-18(5)21(31-22(19)23)24(27)26-9-11-30-12-10-26/h6-8,13,25H,9-12H2,1-5H3. The topological polar surface area (TPSA) is 88.9 Å². The highest BCUT2D eigenvalue weighted by molar-refractivity contribution is 7.93. The van der Waals surface area contributed by atoms with Gasteiger partial charge in [0.1, 0.15) is 4.90 Å². The van der Waals surface area contributed by atoms with E-state index in [2.05, 4.69) is 4.72 Å². The molecule has 1 aromatic heterocycles. The highest BCUT2D eigenvalue weighted by Gasteiger charge is 2.30. The van der Waals surface area contributed by atoms with E-state index in [0.29, 0.717) is 48.5 Å². The summed E-state index contributed by atoms with van der Waals surface area (Å²) in [5.74, 6) is -0.0706. The van der Waals surface area contributed by atoms with Gasteiger partial charge in [0.05, 0.1) is 18.9 Å². The smallest absolute Gasteiger partial charge is 0.290 e. The number of hydrogen-bond acceptors (Lipinski definition) is 5. The molecule has 170 valence electrons. The molecule has 7 nitrogen and oxygen atoms in total. The largest absolute Gasteiger partial charge is 0.449 e. The van der Waals surface area contributed by atoms with Crippen molar-refractivity contribution in [2.45, 2.75) is 39.5 Å². The molecule has 0 atom stereocenters. The van der Waals surface area contributed by atoms with Gasteiger partial charge in [0, 0.05) is 24.0 Å². The Hall–Kier alpha value is -2.84. The molecule has 3 aromatic rings. The highest BCUT2D eigenvalue weighted by Crippen LogP contribution is 2.36. The first kappa shape index (κ1) is 22.4. The fraction of sp³-hybridized carbons (Fsp3) is 0.375. The van der Waals surface area contributed by atoms with E-state index < -0.39 is 10.0 Å². The van der Waals surface area contributed by atoms with Crippen LogP contribution in [0.25, 0.3) is 11.0 Å². The third-order valence-electron chi connectivity index (χ3n) is 6.17. The predicted octanol–water partition coefficient (Wildman–Crippen LogP) is 4.25. The van der Waals surface area contributed by atoms with Crippen molar-refractivity contribution in [3.8, 4) is 0 Å². The van der Waals surface area contributed by atoms with E-state index in [4.69, 9.17) is 9.15 Å². The molecule has 2 heterocycles. The molecular weight excluding hydrogens is 428 g/mol. The third kappa shape index (κ3) is 3.78. The lowest BCUT2D eigenvalue weighted by atomic mass is 10.0. The van der Waals surface area contributed by atoms with Gasteiger partial charge in [-0.05, 0) is 62.9 Å². The summed E-state index contributed by atoms with van der Waals surface area (Å²) in [5.41, 5.74) is 4.46. The van der Waals surface area contributed by atoms with Crippen LogP contribution in [0.15, 0.2) is 33.6 Å². The van der Waals surface area contributed by atoms with Crippen LogP contribution >= 0.6 is 0 Å². The number of furan rings is 1. The van der Waals surface area contributed by atoms with Crippen LogP contribution < -0.4 is 4.72 Å². The zero-order valence-corrected chi connectivity index (χ0v) is 19.9. The Morgan fingerprint density at radius 1 is 0.969 bits per heavy atom. The number of carbonyl (C=O) groups excluding carboxylic acids is 1. The van der Waals surface area contributed by atoms with Crippen molar-refractivity contribution in [1.29, 1.82) is 0 Å². The van der Waals surface area contributed by atoms with E-state index >= 15 is 0 Å². The molecule has 1 aliphatic rings. The van der Waals surface area contributed by atoms with E-state index in [1.54, 1.807) is 18.7 Å². The minimum Gasteiger partial charge on any atom is -0.449 e. The third-order valence-corrected chi connectivity index (χ3v) is 7.67. The molecule has 0 radical (unpaired) electrons. The van der Waals surface area contributed by atoms with Gasteiger partial charge in [-0.25, -0.2) is 8.42 Å². The SMILES string of the molecule is Cc1cc2c(C)c(C(=O)N3CCOCC3)oc2c(S(=O)(=O)Nc2c(C)cccc2C)c1C. The van der Waals surface area contributed by atoms with Crippen LogP contribution in [-0.2, 0) is 14.8 Å². The number of amides is 1. The minimum atomic E-state index is -3.98. The normalized spacial score (nSPS) is 14.7. The number of ether oxygens (including phenoxy) is 1. The molecular formula is C24H28N2O5S. The van der Waals surface area contributed by atoms with Crippen LogP contribution in [0.3, 0.4) is 0 Å². The number of carbonyl (C=O) groups is 1. The summed E-state index contributed by atoms with van der Waals surface area (Å²) < 4.78 is 41.3. The maximum Gasteiger partial charge on any atom is 0.290 e. The van der Waals surface area contributed by atoms with Crippen molar-refractivity contribution in [3.05, 3.63) is 57.8 Å². The Labute approximate surface area is 188 Å². The second kappa shape index (κ2) is 8.26. The predicted molar refractivity (Wildman–Crippen MR) is 124 cm³/mol. The quantitative estimate of drug-likeness (QED) is 0.634. The molecule has 0 unspecified atom stereocenters. The van der Waals surface area contributed by atoms with Crippen LogP contribution in [0.4, 0.5) is 5.69 Å². The van der Waals surface area contributed by atoms with Gasteiger partial charge in [-0.1, -0.05) is 18.2 Å². The lowest BCUT2D eigenvalue weighted by molar-refractivity contribution is 0.0283. The second-order valence-electron chi connectivity index (χ2n) is 8.36. The zero-order chi connectivity index (χ0) is 23.2. The van der Waals surface area contributed by atoms with Crippen molar-refractivity contribution < 1.29 is 22.4 Å². The molecule has 2 aromatic carbocycles. The number of anilines is 1. The molecule has 0 saturated carbocycles. The maximum atomic E-state index is 13.6. The van der Waals surface area contributed by atoms with Crippen LogP contribution in [-0.4, -0.2) is 45.5 Å². The van der Waals surface area contributed by atoms with E-state index in [0.717, 1.165) is 16.7 Å². The van der Waals surface area contributed by atoms with Gasteiger partial charge >= 0.3 is 0 Å². The van der Waals surface area contributed by atoms with Gasteiger partial charge in [0.15, 0.2) is 11.3 Å². The Morgan fingerprint density at radius 2 is 1.59 bits per heavy atom. The average Bonchev–Trinajstić information content (AvgIpc) is 3.07. The average molecular weight is 457 g/mol. The summed E-state index contributed by atoms with van der Waals surface area (Å²) in [7, 11) is -3.98. The van der Waals surface area contributed by atoms with E-state index in [-0.39, 0.29) is 22.1 Å². The monoisotopic (exact) mass is 456 g/mol. The zero-order valence-electron chi connectivity index (χ0n) is 19.0. The lowest BCUT2D eigenvalue weighted by Gasteiger charge is -2.26. The van der Waals surface area contributed by atoms with Crippen molar-refractivity contribution in [2.24, 2.45) is 0 Å². The fourth-order valence-corrected chi connectivity index (χ4v) is 5.79. The number of morpholine rings is 1. The molecule has 1 N–H and O–H groups in total. The van der Waals surface area contributed by atoms with Crippen molar-refractivity contribution in [1.82, 2.24) is 4.90 Å². The summed E-state index contributed by atoms with van der Waals surface area (Å²) in [4.78, 5) is 14.9. The van der Waals surface area contributed by atoms with Crippen LogP contribution in [0, 0.1) is 34.6 Å². The van der Waals surface area contributed by atoms with Crippen LogP contribution in [0.5, 0.6) is 0 Å². The van der Waals surface area contributed by atoms with Gasteiger partial charge < -0.3 is 14.1 Å². The molecule has 8 heteroatoms. The van der Waals surface area contributed by atoms with Crippen molar-refractivity contribution in [3.63, 3.8) is 0 Å². The van der Waals surface area contributed by atoms with Crippen LogP contribution in [0.1, 0.15) is 38.4 Å². The van der Waals surface area contributed by atoms with E-state index in [1.807, 2.05) is 45.0 Å².